The molecule has 15 heteroatoms. The Bertz CT molecular complexity index is 1700. The molecule has 1 saturated carbocycles. The maximum Gasteiger partial charge on any atom is 0.329 e. The van der Waals surface area contributed by atoms with Gasteiger partial charge in [-0.25, -0.2) is 4.79 Å². The average molecular weight is 964 g/mol. The first-order valence-corrected chi connectivity index (χ1v) is 25.0. The second kappa shape index (κ2) is 30.6. The smallest absolute Gasteiger partial charge is 0.329 e. The maximum absolute atomic E-state index is 14.2. The van der Waals surface area contributed by atoms with Crippen LogP contribution < -0.4 is 0 Å². The summed E-state index contributed by atoms with van der Waals surface area (Å²) < 4.78 is 27.5. The second-order valence-corrected chi connectivity index (χ2v) is 19.3. The van der Waals surface area contributed by atoms with E-state index in [1.807, 2.05) is 65.0 Å². The number of thiol groups is 1. The number of nitrogens with zero attached hydrogens (tertiary/aromatic N) is 1. The molecule has 67 heavy (non-hydrogen) atoms. The molecule has 3 fully saturated rings. The highest BCUT2D eigenvalue weighted by Crippen LogP contribution is 2.37. The fraction of sp³-hybridized carbons (Fsp3) is 0.750. The fourth-order valence-electron chi connectivity index (χ4n) is 9.45. The van der Waals surface area contributed by atoms with Gasteiger partial charge in [0.15, 0.2) is 0 Å². The van der Waals surface area contributed by atoms with E-state index in [1.54, 1.807) is 41.1 Å². The van der Waals surface area contributed by atoms with Gasteiger partial charge in [-0.3, -0.25) is 19.2 Å². The van der Waals surface area contributed by atoms with E-state index in [2.05, 4.69) is 17.1 Å². The van der Waals surface area contributed by atoms with Gasteiger partial charge in [0.25, 0.3) is 11.7 Å². The SMILES string of the molecule is CC.COS.CO[C@H]1C[C@@H]2CCC(C)C(O)(O2)C(=O)C(=O)N2CCCCC2C(=O)O[C@H](CC[C@@H]2CCC(O)[C@H](OC)C2)CC(=O)[C@H](C)/C=C(\C)C(O)CC(=O)C(C)C[C@H](C)C=C/C=C/C=C/1C. The zero-order valence-electron chi connectivity index (χ0n) is 42.3. The highest BCUT2D eigenvalue weighted by Gasteiger charge is 2.53. The standard InChI is InChI=1S/C49H75NO12.C2H6.CH4OS/c1-30-14-10-9-11-15-31(2)44(59-7)28-38-20-17-35(6)49(58,62-38)46(55)47(56)50-23-13-12-16-39(50)48(57)61-37(21-18-36-19-22-40(51)45(26-36)60-8)27-41(52)33(4)25-34(5)43(54)29-42(53)32(3)24-30;1-2;1-2-3/h9-11,14-15,25,30,32-33,35-40,43-45,51,54,58H,12-13,16-24,26-29H2,1-8H3;1-2H3;3H,1H3/b11-9+,14-10?,31-15+,34-25+;;/t30-,32?,33-,35?,36-,37-,38+,39?,40?,43?,44+,45-,49?;;/m1../s1. The van der Waals surface area contributed by atoms with E-state index < -0.39 is 71.8 Å². The molecule has 2 bridgehead atoms. The first-order chi connectivity index (χ1) is 31.8. The molecule has 4 aliphatic rings. The van der Waals surface area contributed by atoms with E-state index >= 15 is 0 Å². The van der Waals surface area contributed by atoms with Crippen LogP contribution in [0.15, 0.2) is 47.6 Å². The zero-order valence-corrected chi connectivity index (χ0v) is 43.2. The lowest BCUT2D eigenvalue weighted by molar-refractivity contribution is -0.265. The fourth-order valence-corrected chi connectivity index (χ4v) is 9.45. The van der Waals surface area contributed by atoms with E-state index in [9.17, 15) is 39.3 Å². The van der Waals surface area contributed by atoms with Crippen LogP contribution in [0.2, 0.25) is 0 Å². The highest BCUT2D eigenvalue weighted by atomic mass is 32.1. The van der Waals surface area contributed by atoms with Crippen molar-refractivity contribution in [3.05, 3.63) is 47.6 Å². The number of ether oxygens (including phenoxy) is 4. The molecule has 14 nitrogen and oxygen atoms in total. The molecule has 13 atom stereocenters. The van der Waals surface area contributed by atoms with Crippen LogP contribution in [0, 0.1) is 29.6 Å². The molecule has 0 aromatic rings. The third-order valence-electron chi connectivity index (χ3n) is 13.8. The van der Waals surface area contributed by atoms with Crippen LogP contribution >= 0.6 is 12.9 Å². The number of aliphatic hydroxyl groups is 3. The summed E-state index contributed by atoms with van der Waals surface area (Å²) in [6.45, 7) is 15.0. The third-order valence-corrected chi connectivity index (χ3v) is 13.8. The monoisotopic (exact) mass is 964 g/mol. The van der Waals surface area contributed by atoms with E-state index in [1.165, 1.54) is 12.0 Å². The number of esters is 1. The van der Waals surface area contributed by atoms with Crippen molar-refractivity contribution in [1.29, 1.82) is 0 Å². The Morgan fingerprint density at radius 2 is 1.49 bits per heavy atom. The Morgan fingerprint density at radius 3 is 2.15 bits per heavy atom. The van der Waals surface area contributed by atoms with Crippen LogP contribution in [0.25, 0.3) is 0 Å². The van der Waals surface area contributed by atoms with Crippen molar-refractivity contribution < 1.29 is 62.4 Å². The predicted octanol–water partition coefficient (Wildman–Crippen LogP) is 7.81. The topological polar surface area (TPSA) is 195 Å². The molecular weight excluding hydrogens is 879 g/mol. The first kappa shape index (κ1) is 60.1. The van der Waals surface area contributed by atoms with Crippen molar-refractivity contribution in [3.63, 3.8) is 0 Å². The molecule has 6 unspecified atom stereocenters. The van der Waals surface area contributed by atoms with Gasteiger partial charge in [-0.2, -0.15) is 0 Å². The second-order valence-electron chi connectivity index (χ2n) is 18.9. The number of piperidine rings is 1. The first-order valence-electron chi connectivity index (χ1n) is 24.6. The van der Waals surface area contributed by atoms with Crippen molar-refractivity contribution in [2.24, 2.45) is 29.6 Å². The number of cyclic esters (lactones) is 1. The Balaban J connectivity index is 0.00000296. The molecule has 1 amide bonds. The summed E-state index contributed by atoms with van der Waals surface area (Å²) in [6.07, 6.45) is 13.4. The lowest BCUT2D eigenvalue weighted by atomic mass is 9.81. The number of fused-ring (bicyclic) bond motifs is 3. The summed E-state index contributed by atoms with van der Waals surface area (Å²) in [5.74, 6) is -6.99. The molecule has 4 rings (SSSR count). The number of carbonyl (C=O) groups is 5. The van der Waals surface area contributed by atoms with Crippen LogP contribution in [-0.4, -0.2) is 126 Å². The van der Waals surface area contributed by atoms with Gasteiger partial charge in [-0.1, -0.05) is 78.0 Å². The molecule has 0 aromatic heterocycles. The highest BCUT2D eigenvalue weighted by molar-refractivity contribution is 7.75. The molecule has 0 radical (unpaired) electrons. The summed E-state index contributed by atoms with van der Waals surface area (Å²) in [5.41, 5.74) is 1.39. The summed E-state index contributed by atoms with van der Waals surface area (Å²) in [7, 11) is 4.64. The Morgan fingerprint density at radius 1 is 0.806 bits per heavy atom. The lowest BCUT2D eigenvalue weighted by Gasteiger charge is -2.42. The van der Waals surface area contributed by atoms with Gasteiger partial charge in [-0.15, -0.1) is 0 Å². The van der Waals surface area contributed by atoms with E-state index in [-0.39, 0.29) is 61.2 Å². The molecule has 3 aliphatic heterocycles. The molecule has 0 spiro atoms. The number of methoxy groups -OCH3 is 2. The summed E-state index contributed by atoms with van der Waals surface area (Å²) >= 11 is 3.29. The van der Waals surface area contributed by atoms with Crippen molar-refractivity contribution in [2.45, 2.75) is 194 Å². The molecule has 3 N–H and O–H groups in total. The molecule has 382 valence electrons. The van der Waals surface area contributed by atoms with Crippen molar-refractivity contribution >= 4 is 42.1 Å². The normalized spacial score (nSPS) is 36.9. The van der Waals surface area contributed by atoms with Crippen LogP contribution in [0.5, 0.6) is 0 Å². The number of rotatable bonds is 5. The molecule has 0 aromatic carbocycles. The minimum Gasteiger partial charge on any atom is -0.460 e. The van der Waals surface area contributed by atoms with Crippen LogP contribution in [0.3, 0.4) is 0 Å². The molecule has 3 heterocycles. The largest absolute Gasteiger partial charge is 0.460 e. The van der Waals surface area contributed by atoms with Crippen molar-refractivity contribution in [3.8, 4) is 0 Å². The van der Waals surface area contributed by atoms with E-state index in [0.29, 0.717) is 69.8 Å². The average Bonchev–Trinajstić information content (AvgIpc) is 3.31. The number of allylic oxidation sites excluding steroid dienone is 6. The Labute approximate surface area is 406 Å². The van der Waals surface area contributed by atoms with Gasteiger partial charge in [0.1, 0.15) is 23.7 Å². The maximum atomic E-state index is 14.2. The minimum atomic E-state index is -2.41. The third kappa shape index (κ3) is 18.7. The van der Waals surface area contributed by atoms with Crippen molar-refractivity contribution in [1.82, 2.24) is 4.90 Å². The van der Waals surface area contributed by atoms with Crippen molar-refractivity contribution in [2.75, 3.05) is 27.9 Å². The predicted molar refractivity (Wildman–Crippen MR) is 262 cm³/mol. The van der Waals surface area contributed by atoms with Gasteiger partial charge in [-0.05, 0) is 120 Å². The summed E-state index contributed by atoms with van der Waals surface area (Å²) in [4.78, 5) is 70.7. The van der Waals surface area contributed by atoms with E-state index in [0.717, 1.165) is 12.0 Å². The summed E-state index contributed by atoms with van der Waals surface area (Å²) in [6, 6.07) is -1.11. The lowest BCUT2D eigenvalue weighted by Crippen LogP contribution is -2.60. The number of ketones is 3. The number of aliphatic hydroxyl groups excluding tert-OH is 2. The van der Waals surface area contributed by atoms with Gasteiger partial charge in [0, 0.05) is 64.9 Å². The number of hydrogen-bond donors (Lipinski definition) is 4. The van der Waals surface area contributed by atoms with Gasteiger partial charge in [0.05, 0.1) is 30.5 Å². The molecule has 2 saturated heterocycles. The Kier molecular flexibility index (Phi) is 27.4. The number of amides is 1. The van der Waals surface area contributed by atoms with Crippen LogP contribution in [-0.2, 0) is 47.1 Å². The van der Waals surface area contributed by atoms with E-state index in [4.69, 9.17) is 18.9 Å². The number of Topliss-reactive ketones (excluding diaryl/α,β-unsaturated/α-hetero) is 3. The minimum absolute atomic E-state index is 0.0714. The van der Waals surface area contributed by atoms with Crippen LogP contribution in [0.1, 0.15) is 145 Å². The van der Waals surface area contributed by atoms with Gasteiger partial charge in [0.2, 0.25) is 5.79 Å². The summed E-state index contributed by atoms with van der Waals surface area (Å²) in [5, 5.41) is 33.3. The Hall–Kier alpha value is -3.02. The van der Waals surface area contributed by atoms with Gasteiger partial charge < -0.3 is 43.4 Å². The molecular formula is C52H85NO13S. The number of carbonyl (C=O) groups excluding carboxylic acids is 5. The molecule has 1 aliphatic carbocycles. The van der Waals surface area contributed by atoms with Crippen LogP contribution in [0.4, 0.5) is 0 Å². The quantitative estimate of drug-likeness (QED) is 0.0686. The zero-order chi connectivity index (χ0) is 50.4. The number of hydrogen-bond acceptors (Lipinski definition) is 14. The van der Waals surface area contributed by atoms with Gasteiger partial charge >= 0.3 is 5.97 Å².